The molecule has 1 aliphatic rings. The third kappa shape index (κ3) is 3.45. The number of aromatic nitrogens is 3. The Kier molecular flexibility index (Phi) is 4.92. The first-order valence-electron chi connectivity index (χ1n) is 10.3. The molecule has 0 saturated heterocycles. The maximum Gasteiger partial charge on any atom is 0.195 e. The summed E-state index contributed by atoms with van der Waals surface area (Å²) in [6, 6.07) is 13.7. The van der Waals surface area contributed by atoms with Crippen LogP contribution in [-0.4, -0.2) is 39.7 Å². The number of hydrogen-bond acceptors (Lipinski definition) is 5. The van der Waals surface area contributed by atoms with Crippen molar-refractivity contribution in [2.24, 2.45) is 10.9 Å². The molecule has 0 spiro atoms. The number of benzene rings is 2. The van der Waals surface area contributed by atoms with E-state index in [4.69, 9.17) is 9.73 Å². The lowest BCUT2D eigenvalue weighted by molar-refractivity contribution is 0.0974. The summed E-state index contributed by atoms with van der Waals surface area (Å²) in [7, 11) is 1.71. The smallest absolute Gasteiger partial charge is 0.195 e. The number of hydrogen-bond donors (Lipinski definition) is 1. The van der Waals surface area contributed by atoms with Gasteiger partial charge in [-0.15, -0.1) is 0 Å². The number of nitrogens with one attached hydrogen (secondary N) is 1. The number of aliphatic imine (C=N–C) groups is 1. The normalized spacial score (nSPS) is 20.0. The van der Waals surface area contributed by atoms with E-state index in [0.717, 1.165) is 22.9 Å². The van der Waals surface area contributed by atoms with Crippen LogP contribution in [0.15, 0.2) is 72.1 Å². The zero-order valence-electron chi connectivity index (χ0n) is 17.4. The molecule has 31 heavy (non-hydrogen) atoms. The molecule has 0 aliphatic heterocycles. The summed E-state index contributed by atoms with van der Waals surface area (Å²) in [5, 5.41) is 2.59. The molecule has 6 heteroatoms. The van der Waals surface area contributed by atoms with E-state index in [1.165, 1.54) is 6.33 Å². The minimum absolute atomic E-state index is 0.0775. The van der Waals surface area contributed by atoms with Gasteiger partial charge in [-0.3, -0.25) is 4.79 Å². The predicted molar refractivity (Wildman–Crippen MR) is 122 cm³/mol. The van der Waals surface area contributed by atoms with Crippen molar-refractivity contribution in [3.63, 3.8) is 0 Å². The molecule has 5 rings (SSSR count). The molecule has 2 unspecified atom stereocenters. The van der Waals surface area contributed by atoms with Crippen molar-refractivity contribution in [2.75, 3.05) is 7.11 Å². The lowest BCUT2D eigenvalue weighted by atomic mass is 9.92. The number of rotatable bonds is 4. The summed E-state index contributed by atoms with van der Waals surface area (Å²) >= 11 is 0. The number of allylic oxidation sites excluding steroid dienone is 1. The molecule has 0 bridgehead atoms. The first-order valence-corrected chi connectivity index (χ1v) is 10.3. The fourth-order valence-corrected chi connectivity index (χ4v) is 4.22. The topological polar surface area (TPSA) is 80.2 Å². The van der Waals surface area contributed by atoms with Crippen molar-refractivity contribution >= 4 is 39.1 Å². The molecule has 0 fully saturated rings. The van der Waals surface area contributed by atoms with Gasteiger partial charge in [0.1, 0.15) is 12.0 Å². The summed E-state index contributed by atoms with van der Waals surface area (Å²) in [6.45, 7) is 2.13. The first-order chi connectivity index (χ1) is 15.2. The maximum atomic E-state index is 13.6. The summed E-state index contributed by atoms with van der Waals surface area (Å²) in [4.78, 5) is 30.2. The summed E-state index contributed by atoms with van der Waals surface area (Å²) < 4.78 is 5.48. The van der Waals surface area contributed by atoms with Crippen LogP contribution in [0.5, 0.6) is 0 Å². The molecule has 2 heterocycles. The van der Waals surface area contributed by atoms with Gasteiger partial charge >= 0.3 is 0 Å². The first kappa shape index (κ1) is 19.3. The van der Waals surface area contributed by atoms with E-state index in [-0.39, 0.29) is 11.9 Å². The number of ether oxygens (including phenoxy) is 1. The molecule has 6 nitrogen and oxygen atoms in total. The van der Waals surface area contributed by atoms with Gasteiger partial charge in [0.05, 0.1) is 17.1 Å². The van der Waals surface area contributed by atoms with Gasteiger partial charge in [0, 0.05) is 24.6 Å². The van der Waals surface area contributed by atoms with Crippen molar-refractivity contribution < 1.29 is 9.53 Å². The van der Waals surface area contributed by atoms with Gasteiger partial charge in [-0.25, -0.2) is 15.0 Å². The third-order valence-electron chi connectivity index (χ3n) is 5.82. The minimum atomic E-state index is -0.0775. The fourth-order valence-electron chi connectivity index (χ4n) is 4.22. The highest BCUT2D eigenvalue weighted by molar-refractivity contribution is 6.22. The van der Waals surface area contributed by atoms with Crippen molar-refractivity contribution in [2.45, 2.75) is 19.4 Å². The van der Waals surface area contributed by atoms with Crippen molar-refractivity contribution in [3.8, 4) is 0 Å². The monoisotopic (exact) mass is 410 g/mol. The minimum Gasteiger partial charge on any atom is -0.377 e. The second kappa shape index (κ2) is 7.89. The number of H-pyrrole nitrogens is 1. The van der Waals surface area contributed by atoms with E-state index in [1.54, 1.807) is 13.3 Å². The quantitative estimate of drug-likeness (QED) is 0.479. The van der Waals surface area contributed by atoms with Gasteiger partial charge in [0.25, 0.3) is 0 Å². The number of methoxy groups -OCH3 is 1. The highest BCUT2D eigenvalue weighted by Gasteiger charge is 2.22. The van der Waals surface area contributed by atoms with E-state index < -0.39 is 0 Å². The highest BCUT2D eigenvalue weighted by atomic mass is 16.5. The Labute approximate surface area is 179 Å². The Bertz CT molecular complexity index is 1350. The zero-order valence-corrected chi connectivity index (χ0v) is 17.4. The number of nitrogens with zero attached hydrogens (tertiary/aromatic N) is 3. The molecule has 2 aromatic heterocycles. The van der Waals surface area contributed by atoms with Crippen LogP contribution >= 0.6 is 0 Å². The highest BCUT2D eigenvalue weighted by Crippen LogP contribution is 2.31. The van der Waals surface area contributed by atoms with Crippen LogP contribution in [0, 0.1) is 5.92 Å². The Balaban J connectivity index is 1.62. The average molecular weight is 410 g/mol. The number of fused-ring (bicyclic) bond motifs is 2. The Hall–Kier alpha value is -3.64. The summed E-state index contributed by atoms with van der Waals surface area (Å²) in [5.74, 6) is 0.734. The van der Waals surface area contributed by atoms with Gasteiger partial charge in [-0.2, -0.15) is 0 Å². The van der Waals surface area contributed by atoms with Crippen molar-refractivity contribution in [3.05, 3.63) is 78.3 Å². The average Bonchev–Trinajstić information content (AvgIpc) is 3.24. The molecule has 154 valence electrons. The van der Waals surface area contributed by atoms with Crippen LogP contribution < -0.4 is 0 Å². The van der Waals surface area contributed by atoms with Crippen LogP contribution in [-0.2, 0) is 4.74 Å². The largest absolute Gasteiger partial charge is 0.377 e. The van der Waals surface area contributed by atoms with Crippen LogP contribution in [0.4, 0.5) is 5.82 Å². The Morgan fingerprint density at radius 1 is 1.13 bits per heavy atom. The molecule has 1 N–H and O–H groups in total. The number of carbonyl (C=O) groups excluding carboxylic acids is 1. The van der Waals surface area contributed by atoms with E-state index in [1.807, 2.05) is 54.6 Å². The van der Waals surface area contributed by atoms with Crippen molar-refractivity contribution in [1.29, 1.82) is 0 Å². The molecule has 0 amide bonds. The standard InChI is InChI=1S/C25H22N4O2/c1-15-12-17(10-11-21(15)31-2)29-25-22-20(13-26-24(22)27-14-28-25)23(30)19-9-5-7-16-6-3-4-8-18(16)19/h3-11,13-15,21H,12H2,1-2H3,(H,26,27,28). The second-order valence-electron chi connectivity index (χ2n) is 7.82. The fraction of sp³-hybridized carbons (Fsp3) is 0.200. The van der Waals surface area contributed by atoms with Gasteiger partial charge in [-0.05, 0) is 29.2 Å². The summed E-state index contributed by atoms with van der Waals surface area (Å²) in [6.07, 6.45) is 8.02. The van der Waals surface area contributed by atoms with Crippen LogP contribution in [0.1, 0.15) is 29.3 Å². The van der Waals surface area contributed by atoms with Gasteiger partial charge in [0.15, 0.2) is 11.6 Å². The van der Waals surface area contributed by atoms with E-state index in [2.05, 4.69) is 21.9 Å². The van der Waals surface area contributed by atoms with Crippen LogP contribution in [0.25, 0.3) is 21.8 Å². The Morgan fingerprint density at radius 2 is 1.97 bits per heavy atom. The second-order valence-corrected chi connectivity index (χ2v) is 7.82. The zero-order chi connectivity index (χ0) is 21.4. The molecule has 0 radical (unpaired) electrons. The molecule has 2 atom stereocenters. The number of ketones is 1. The van der Waals surface area contributed by atoms with Gasteiger partial charge < -0.3 is 9.72 Å². The lowest BCUT2D eigenvalue weighted by Crippen LogP contribution is -2.24. The number of aromatic amines is 1. The molecule has 1 aliphatic carbocycles. The molecular weight excluding hydrogens is 388 g/mol. The van der Waals surface area contributed by atoms with Crippen LogP contribution in [0.3, 0.4) is 0 Å². The third-order valence-corrected chi connectivity index (χ3v) is 5.82. The SMILES string of the molecule is COC1C=CC(=Nc2ncnc3[nH]cc(C(=O)c4cccc5ccccc45)c23)CC1C. The van der Waals surface area contributed by atoms with Gasteiger partial charge in [-0.1, -0.05) is 55.5 Å². The van der Waals surface area contributed by atoms with Crippen LogP contribution in [0.2, 0.25) is 0 Å². The summed E-state index contributed by atoms with van der Waals surface area (Å²) in [5.41, 5.74) is 2.68. The maximum absolute atomic E-state index is 13.6. The van der Waals surface area contributed by atoms with Gasteiger partial charge in [0.2, 0.25) is 0 Å². The van der Waals surface area contributed by atoms with E-state index in [0.29, 0.717) is 33.9 Å². The Morgan fingerprint density at radius 3 is 2.81 bits per heavy atom. The molecule has 0 saturated carbocycles. The number of carbonyl (C=O) groups is 1. The molecule has 4 aromatic rings. The predicted octanol–water partition coefficient (Wildman–Crippen LogP) is 5.03. The molecule has 2 aromatic carbocycles. The van der Waals surface area contributed by atoms with E-state index in [9.17, 15) is 4.79 Å². The van der Waals surface area contributed by atoms with Crippen molar-refractivity contribution in [1.82, 2.24) is 15.0 Å². The van der Waals surface area contributed by atoms with E-state index >= 15 is 0 Å². The molecular formula is C25H22N4O2. The lowest BCUT2D eigenvalue weighted by Gasteiger charge is -2.23.